The van der Waals surface area contributed by atoms with Crippen molar-refractivity contribution >= 4 is 29.3 Å². The minimum absolute atomic E-state index is 0.0314. The first-order valence-electron chi connectivity index (χ1n) is 7.95. The van der Waals surface area contributed by atoms with Gasteiger partial charge in [-0.2, -0.15) is 0 Å². The largest absolute Gasteiger partial charge is 0.465 e. The summed E-state index contributed by atoms with van der Waals surface area (Å²) >= 11 is 1.49. The normalized spacial score (nSPS) is 17.0. The number of benzene rings is 2. The summed E-state index contributed by atoms with van der Waals surface area (Å²) in [5.41, 5.74) is 2.92. The number of halogens is 1. The van der Waals surface area contributed by atoms with Crippen LogP contribution in [-0.4, -0.2) is 24.7 Å². The van der Waals surface area contributed by atoms with Crippen LogP contribution in [0.1, 0.15) is 33.8 Å². The second kappa shape index (κ2) is 7.27. The standard InChI is InChI=1S/C19H18FNO3S/c1-3-12-4-5-14(19(23)24-2)10-16(12)21-17(22)11-25-18(21)13-6-8-15(20)9-7-13/h4-10,18H,3,11H2,1-2H3. The van der Waals surface area contributed by atoms with Crippen molar-refractivity contribution < 1.29 is 18.7 Å². The van der Waals surface area contributed by atoms with Gasteiger partial charge in [0.05, 0.1) is 18.4 Å². The van der Waals surface area contributed by atoms with E-state index in [1.165, 1.54) is 31.0 Å². The van der Waals surface area contributed by atoms with Crippen molar-refractivity contribution in [1.29, 1.82) is 0 Å². The van der Waals surface area contributed by atoms with Gasteiger partial charge in [0, 0.05) is 5.69 Å². The quantitative estimate of drug-likeness (QED) is 0.776. The van der Waals surface area contributed by atoms with Crippen LogP contribution in [0, 0.1) is 5.82 Å². The third-order valence-electron chi connectivity index (χ3n) is 4.17. The van der Waals surface area contributed by atoms with Gasteiger partial charge < -0.3 is 4.74 Å². The third kappa shape index (κ3) is 3.39. The molecule has 130 valence electrons. The topological polar surface area (TPSA) is 46.6 Å². The number of amides is 1. The maximum absolute atomic E-state index is 13.2. The molecular weight excluding hydrogens is 341 g/mol. The lowest BCUT2D eigenvalue weighted by atomic mass is 10.0. The summed E-state index contributed by atoms with van der Waals surface area (Å²) in [5.74, 6) is -0.447. The Balaban J connectivity index is 2.06. The van der Waals surface area contributed by atoms with E-state index in [2.05, 4.69) is 0 Å². The number of hydrogen-bond acceptors (Lipinski definition) is 4. The fourth-order valence-electron chi connectivity index (χ4n) is 2.89. The Kier molecular flexibility index (Phi) is 5.08. The third-order valence-corrected chi connectivity index (χ3v) is 5.38. The Morgan fingerprint density at radius 3 is 2.64 bits per heavy atom. The van der Waals surface area contributed by atoms with Gasteiger partial charge in [-0.25, -0.2) is 9.18 Å². The molecule has 0 spiro atoms. The molecular formula is C19H18FNO3S. The van der Waals surface area contributed by atoms with Crippen molar-refractivity contribution in [2.45, 2.75) is 18.7 Å². The molecule has 1 fully saturated rings. The summed E-state index contributed by atoms with van der Waals surface area (Å²) in [7, 11) is 1.33. The van der Waals surface area contributed by atoms with Crippen LogP contribution in [-0.2, 0) is 16.0 Å². The number of carbonyl (C=O) groups is 2. The molecule has 1 atom stereocenters. The van der Waals surface area contributed by atoms with E-state index >= 15 is 0 Å². The highest BCUT2D eigenvalue weighted by atomic mass is 32.2. The fourth-order valence-corrected chi connectivity index (χ4v) is 4.06. The zero-order chi connectivity index (χ0) is 18.0. The Bertz CT molecular complexity index is 807. The predicted octanol–water partition coefficient (Wildman–Crippen LogP) is 3.95. The van der Waals surface area contributed by atoms with Gasteiger partial charge in [-0.1, -0.05) is 25.1 Å². The van der Waals surface area contributed by atoms with Gasteiger partial charge in [-0.15, -0.1) is 11.8 Å². The van der Waals surface area contributed by atoms with Crippen LogP contribution in [0.2, 0.25) is 0 Å². The number of methoxy groups -OCH3 is 1. The number of anilines is 1. The first-order valence-corrected chi connectivity index (χ1v) is 9.00. The van der Waals surface area contributed by atoms with E-state index < -0.39 is 5.97 Å². The molecule has 1 amide bonds. The van der Waals surface area contributed by atoms with Gasteiger partial charge in [-0.3, -0.25) is 9.69 Å². The maximum Gasteiger partial charge on any atom is 0.337 e. The molecule has 1 saturated heterocycles. The first-order chi connectivity index (χ1) is 12.0. The smallest absolute Gasteiger partial charge is 0.337 e. The van der Waals surface area contributed by atoms with E-state index in [9.17, 15) is 14.0 Å². The zero-order valence-electron chi connectivity index (χ0n) is 14.0. The van der Waals surface area contributed by atoms with Crippen LogP contribution in [0.5, 0.6) is 0 Å². The summed E-state index contributed by atoms with van der Waals surface area (Å²) in [6, 6.07) is 11.4. The Labute approximate surface area is 150 Å². The van der Waals surface area contributed by atoms with Gasteiger partial charge in [-0.05, 0) is 41.8 Å². The molecule has 1 aliphatic heterocycles. The summed E-state index contributed by atoms with van der Waals surface area (Å²) < 4.78 is 18.0. The van der Waals surface area contributed by atoms with Gasteiger partial charge in [0.15, 0.2) is 0 Å². The van der Waals surface area contributed by atoms with E-state index in [4.69, 9.17) is 4.74 Å². The average molecular weight is 359 g/mol. The van der Waals surface area contributed by atoms with Crippen molar-refractivity contribution in [2.24, 2.45) is 0 Å². The number of rotatable bonds is 4. The summed E-state index contributed by atoms with van der Waals surface area (Å²) in [6.07, 6.45) is 0.724. The monoisotopic (exact) mass is 359 g/mol. The Hall–Kier alpha value is -2.34. The van der Waals surface area contributed by atoms with Crippen LogP contribution in [0.25, 0.3) is 0 Å². The minimum atomic E-state index is -0.443. The lowest BCUT2D eigenvalue weighted by Gasteiger charge is -2.27. The molecule has 1 aliphatic rings. The van der Waals surface area contributed by atoms with Crippen LogP contribution in [0.3, 0.4) is 0 Å². The van der Waals surface area contributed by atoms with Crippen molar-refractivity contribution in [3.63, 3.8) is 0 Å². The Morgan fingerprint density at radius 1 is 1.28 bits per heavy atom. The van der Waals surface area contributed by atoms with Crippen molar-refractivity contribution in [3.8, 4) is 0 Å². The molecule has 6 heteroatoms. The molecule has 2 aromatic carbocycles. The highest BCUT2D eigenvalue weighted by Crippen LogP contribution is 2.43. The van der Waals surface area contributed by atoms with Crippen molar-refractivity contribution in [3.05, 3.63) is 65.0 Å². The van der Waals surface area contributed by atoms with Crippen LogP contribution < -0.4 is 4.90 Å². The minimum Gasteiger partial charge on any atom is -0.465 e. The molecule has 3 rings (SSSR count). The molecule has 0 N–H and O–H groups in total. The number of nitrogens with zero attached hydrogens (tertiary/aromatic N) is 1. The molecule has 0 radical (unpaired) electrons. The first kappa shape index (κ1) is 17.5. The maximum atomic E-state index is 13.2. The van der Waals surface area contributed by atoms with Gasteiger partial charge in [0.25, 0.3) is 0 Å². The van der Waals surface area contributed by atoms with E-state index in [0.717, 1.165) is 17.5 Å². The number of hydrogen-bond donors (Lipinski definition) is 0. The molecule has 2 aromatic rings. The molecule has 4 nitrogen and oxygen atoms in total. The van der Waals surface area contributed by atoms with Gasteiger partial charge >= 0.3 is 5.97 Å². The summed E-state index contributed by atoms with van der Waals surface area (Å²) in [5, 5.41) is -0.244. The van der Waals surface area contributed by atoms with Crippen LogP contribution >= 0.6 is 11.8 Å². The molecule has 0 aliphatic carbocycles. The van der Waals surface area contributed by atoms with Gasteiger partial charge in [0.1, 0.15) is 11.2 Å². The molecule has 0 saturated carbocycles. The highest BCUT2D eigenvalue weighted by molar-refractivity contribution is 8.00. The van der Waals surface area contributed by atoms with Crippen molar-refractivity contribution in [2.75, 3.05) is 17.8 Å². The lowest BCUT2D eigenvalue weighted by Crippen LogP contribution is -2.29. The predicted molar refractivity (Wildman–Crippen MR) is 96.2 cm³/mol. The second-order valence-corrected chi connectivity index (χ2v) is 6.74. The van der Waals surface area contributed by atoms with E-state index in [1.807, 2.05) is 13.0 Å². The van der Waals surface area contributed by atoms with Gasteiger partial charge in [0.2, 0.25) is 5.91 Å². The number of aryl methyl sites for hydroxylation is 1. The van der Waals surface area contributed by atoms with E-state index in [1.54, 1.807) is 29.2 Å². The molecule has 1 unspecified atom stereocenters. The number of ether oxygens (including phenoxy) is 1. The number of esters is 1. The molecule has 0 bridgehead atoms. The van der Waals surface area contributed by atoms with Crippen molar-refractivity contribution in [1.82, 2.24) is 0 Å². The number of carbonyl (C=O) groups excluding carboxylic acids is 2. The summed E-state index contributed by atoms with van der Waals surface area (Å²) in [4.78, 5) is 26.1. The molecule has 1 heterocycles. The Morgan fingerprint density at radius 2 is 2.00 bits per heavy atom. The molecule has 0 aromatic heterocycles. The van der Waals surface area contributed by atoms with Crippen LogP contribution in [0.4, 0.5) is 10.1 Å². The molecule has 25 heavy (non-hydrogen) atoms. The second-order valence-electron chi connectivity index (χ2n) is 5.67. The lowest BCUT2D eigenvalue weighted by molar-refractivity contribution is -0.115. The average Bonchev–Trinajstić information content (AvgIpc) is 3.02. The van der Waals surface area contributed by atoms with Crippen LogP contribution in [0.15, 0.2) is 42.5 Å². The van der Waals surface area contributed by atoms with E-state index in [-0.39, 0.29) is 17.1 Å². The SMILES string of the molecule is CCc1ccc(C(=O)OC)cc1N1C(=O)CSC1c1ccc(F)cc1. The summed E-state index contributed by atoms with van der Waals surface area (Å²) in [6.45, 7) is 2.00. The highest BCUT2D eigenvalue weighted by Gasteiger charge is 2.35. The zero-order valence-corrected chi connectivity index (χ0v) is 14.8. The fraction of sp³-hybridized carbons (Fsp3) is 0.263. The number of thioether (sulfide) groups is 1. The van der Waals surface area contributed by atoms with E-state index in [0.29, 0.717) is 17.0 Å².